The lowest BCUT2D eigenvalue weighted by Gasteiger charge is -2.10. The van der Waals surface area contributed by atoms with Crippen molar-refractivity contribution >= 4 is 23.4 Å². The largest absolute Gasteiger partial charge is 0.484 e. The summed E-state index contributed by atoms with van der Waals surface area (Å²) in [6.45, 7) is 3.53. The van der Waals surface area contributed by atoms with Gasteiger partial charge < -0.3 is 14.5 Å². The van der Waals surface area contributed by atoms with Crippen LogP contribution in [0.4, 0.5) is 5.69 Å². The first-order valence-electron chi connectivity index (χ1n) is 8.09. The number of furan rings is 1. The number of carbonyl (C=O) groups is 3. The molecule has 26 heavy (non-hydrogen) atoms. The van der Waals surface area contributed by atoms with Crippen LogP contribution in [0.2, 0.25) is 0 Å². The summed E-state index contributed by atoms with van der Waals surface area (Å²) in [5.74, 6) is -0.373. The molecule has 1 aromatic heterocycles. The van der Waals surface area contributed by atoms with Crippen molar-refractivity contribution in [2.75, 3.05) is 11.9 Å². The first-order valence-corrected chi connectivity index (χ1v) is 8.09. The van der Waals surface area contributed by atoms with E-state index >= 15 is 0 Å². The van der Waals surface area contributed by atoms with Crippen LogP contribution in [-0.2, 0) is 9.59 Å². The summed E-state index contributed by atoms with van der Waals surface area (Å²) < 4.78 is 10.4. The van der Waals surface area contributed by atoms with Crippen molar-refractivity contribution in [2.24, 2.45) is 5.92 Å². The molecule has 0 saturated heterocycles. The summed E-state index contributed by atoms with van der Waals surface area (Å²) in [4.78, 5) is 35.1. The number of rotatable bonds is 7. The van der Waals surface area contributed by atoms with Gasteiger partial charge in [-0.3, -0.25) is 25.2 Å². The lowest BCUT2D eigenvalue weighted by Crippen LogP contribution is -2.44. The Morgan fingerprint density at radius 2 is 1.85 bits per heavy atom. The first kappa shape index (κ1) is 19.0. The van der Waals surface area contributed by atoms with Gasteiger partial charge in [-0.15, -0.1) is 0 Å². The molecule has 0 bridgehead atoms. The second-order valence-electron chi connectivity index (χ2n) is 5.94. The van der Waals surface area contributed by atoms with Crippen LogP contribution >= 0.6 is 0 Å². The van der Waals surface area contributed by atoms with Crippen molar-refractivity contribution in [3.05, 3.63) is 48.4 Å². The number of nitrogens with one attached hydrogen (secondary N) is 3. The number of amides is 3. The fourth-order valence-corrected chi connectivity index (χ4v) is 2.01. The molecule has 138 valence electrons. The van der Waals surface area contributed by atoms with E-state index < -0.39 is 11.8 Å². The van der Waals surface area contributed by atoms with Crippen LogP contribution in [0.3, 0.4) is 0 Å². The van der Waals surface area contributed by atoms with Crippen molar-refractivity contribution in [3.63, 3.8) is 0 Å². The Morgan fingerprint density at radius 3 is 2.54 bits per heavy atom. The number of carbonyl (C=O) groups excluding carboxylic acids is 3. The molecule has 1 aromatic carbocycles. The predicted octanol–water partition coefficient (Wildman–Crippen LogP) is 2.10. The third-order valence-corrected chi connectivity index (χ3v) is 3.14. The molecule has 8 nitrogen and oxygen atoms in total. The van der Waals surface area contributed by atoms with E-state index in [-0.39, 0.29) is 24.2 Å². The Hall–Kier alpha value is -3.29. The molecule has 0 saturated carbocycles. The van der Waals surface area contributed by atoms with Crippen LogP contribution in [0.1, 0.15) is 30.8 Å². The molecule has 3 N–H and O–H groups in total. The second-order valence-corrected chi connectivity index (χ2v) is 5.94. The monoisotopic (exact) mass is 359 g/mol. The van der Waals surface area contributed by atoms with E-state index in [0.29, 0.717) is 17.9 Å². The molecule has 0 unspecified atom stereocenters. The summed E-state index contributed by atoms with van der Waals surface area (Å²) in [5.41, 5.74) is 5.09. The van der Waals surface area contributed by atoms with Gasteiger partial charge in [-0.25, -0.2) is 0 Å². The zero-order valence-corrected chi connectivity index (χ0v) is 14.6. The fourth-order valence-electron chi connectivity index (χ4n) is 2.01. The van der Waals surface area contributed by atoms with Gasteiger partial charge in [-0.1, -0.05) is 19.9 Å². The molecule has 0 aliphatic rings. The minimum atomic E-state index is -0.493. The highest BCUT2D eigenvalue weighted by Crippen LogP contribution is 2.18. The van der Waals surface area contributed by atoms with Gasteiger partial charge in [0, 0.05) is 18.2 Å². The summed E-state index contributed by atoms with van der Waals surface area (Å²) in [6.07, 6.45) is 1.73. The van der Waals surface area contributed by atoms with Crippen LogP contribution in [-0.4, -0.2) is 24.3 Å². The molecular formula is C18H21N3O5. The summed E-state index contributed by atoms with van der Waals surface area (Å²) in [5, 5.41) is 2.66. The molecular weight excluding hydrogens is 338 g/mol. The molecule has 2 rings (SSSR count). The lowest BCUT2D eigenvalue weighted by molar-refractivity contribution is -0.130. The average molecular weight is 359 g/mol. The van der Waals surface area contributed by atoms with Crippen LogP contribution in [0.5, 0.6) is 5.75 Å². The van der Waals surface area contributed by atoms with Crippen molar-refractivity contribution in [1.29, 1.82) is 0 Å². The Bertz CT molecular complexity index is 756. The van der Waals surface area contributed by atoms with Gasteiger partial charge in [0.25, 0.3) is 11.8 Å². The molecule has 0 aliphatic carbocycles. The van der Waals surface area contributed by atoms with Crippen LogP contribution < -0.4 is 20.9 Å². The SMILES string of the molecule is CC(C)CC(=O)NNC(=O)COc1cccc(NC(=O)c2ccco2)c1. The highest BCUT2D eigenvalue weighted by molar-refractivity contribution is 6.02. The zero-order valence-electron chi connectivity index (χ0n) is 14.6. The highest BCUT2D eigenvalue weighted by Gasteiger charge is 2.10. The maximum atomic E-state index is 11.9. The Morgan fingerprint density at radius 1 is 1.08 bits per heavy atom. The smallest absolute Gasteiger partial charge is 0.291 e. The molecule has 3 amide bonds. The molecule has 0 aliphatic heterocycles. The highest BCUT2D eigenvalue weighted by atomic mass is 16.5. The minimum absolute atomic E-state index is 0.188. The molecule has 1 heterocycles. The van der Waals surface area contributed by atoms with Crippen LogP contribution in [0, 0.1) is 5.92 Å². The summed E-state index contributed by atoms with van der Waals surface area (Å²) in [6, 6.07) is 9.74. The maximum Gasteiger partial charge on any atom is 0.291 e. The van der Waals surface area contributed by atoms with Gasteiger partial charge in [0.2, 0.25) is 5.91 Å². The standard InChI is InChI=1S/C18H21N3O5/c1-12(2)9-16(22)20-21-17(23)11-26-14-6-3-5-13(10-14)19-18(24)15-7-4-8-25-15/h3-8,10,12H,9,11H2,1-2H3,(H,19,24)(H,20,22)(H,21,23). The van der Waals surface area contributed by atoms with Gasteiger partial charge in [0.1, 0.15) is 5.75 Å². The molecule has 0 spiro atoms. The Labute approximate surface area is 150 Å². The lowest BCUT2D eigenvalue weighted by atomic mass is 10.1. The molecule has 2 aromatic rings. The van der Waals surface area contributed by atoms with Gasteiger partial charge >= 0.3 is 0 Å². The number of ether oxygens (including phenoxy) is 1. The number of anilines is 1. The summed E-state index contributed by atoms with van der Waals surface area (Å²) >= 11 is 0. The van der Waals surface area contributed by atoms with Crippen LogP contribution in [0.15, 0.2) is 47.1 Å². The zero-order chi connectivity index (χ0) is 18.9. The van der Waals surface area contributed by atoms with Crippen molar-refractivity contribution < 1.29 is 23.5 Å². The van der Waals surface area contributed by atoms with Gasteiger partial charge in [0.05, 0.1) is 6.26 Å². The third-order valence-electron chi connectivity index (χ3n) is 3.14. The first-order chi connectivity index (χ1) is 12.4. The molecule has 0 radical (unpaired) electrons. The number of hydrogen-bond acceptors (Lipinski definition) is 5. The fraction of sp³-hybridized carbons (Fsp3) is 0.278. The van der Waals surface area contributed by atoms with E-state index in [0.717, 1.165) is 0 Å². The quantitative estimate of drug-likeness (QED) is 0.656. The normalized spacial score (nSPS) is 10.3. The minimum Gasteiger partial charge on any atom is -0.484 e. The van der Waals surface area contributed by atoms with Crippen molar-refractivity contribution in [1.82, 2.24) is 10.9 Å². The molecule has 0 atom stereocenters. The predicted molar refractivity (Wildman–Crippen MR) is 94.3 cm³/mol. The topological polar surface area (TPSA) is 110 Å². The molecule has 0 fully saturated rings. The Balaban J connectivity index is 1.80. The number of hydrazine groups is 1. The van der Waals surface area contributed by atoms with Crippen molar-refractivity contribution in [2.45, 2.75) is 20.3 Å². The summed E-state index contributed by atoms with van der Waals surface area (Å²) in [7, 11) is 0. The Kier molecular flexibility index (Phi) is 6.78. The van der Waals surface area contributed by atoms with Gasteiger partial charge in [-0.05, 0) is 30.2 Å². The van der Waals surface area contributed by atoms with E-state index in [1.54, 1.807) is 36.4 Å². The van der Waals surface area contributed by atoms with E-state index in [9.17, 15) is 14.4 Å². The number of hydrogen-bond donors (Lipinski definition) is 3. The van der Waals surface area contributed by atoms with Gasteiger partial charge in [0.15, 0.2) is 12.4 Å². The van der Waals surface area contributed by atoms with Crippen molar-refractivity contribution in [3.8, 4) is 5.75 Å². The maximum absolute atomic E-state index is 11.9. The number of benzene rings is 1. The van der Waals surface area contributed by atoms with E-state index in [4.69, 9.17) is 9.15 Å². The van der Waals surface area contributed by atoms with E-state index in [1.807, 2.05) is 13.8 Å². The average Bonchev–Trinajstić information content (AvgIpc) is 3.12. The van der Waals surface area contributed by atoms with Crippen LogP contribution in [0.25, 0.3) is 0 Å². The van der Waals surface area contributed by atoms with Gasteiger partial charge in [-0.2, -0.15) is 0 Å². The molecule has 8 heteroatoms. The van der Waals surface area contributed by atoms with E-state index in [1.165, 1.54) is 6.26 Å². The third kappa shape index (κ3) is 6.31. The second kappa shape index (κ2) is 9.26. The van der Waals surface area contributed by atoms with E-state index in [2.05, 4.69) is 16.2 Å².